The van der Waals surface area contributed by atoms with Gasteiger partial charge in [0.25, 0.3) is 0 Å². The predicted octanol–water partition coefficient (Wildman–Crippen LogP) is 4.11. The SMILES string of the molecule is Cc1cccc(C(C)C)c1NC(=O)C(=O)Nc1ccc(F)c(F)c1F. The molecule has 2 aromatic carbocycles. The minimum Gasteiger partial charge on any atom is -0.317 e. The number of amides is 2. The molecule has 0 bridgehead atoms. The molecule has 25 heavy (non-hydrogen) atoms. The number of rotatable bonds is 3. The molecule has 0 aromatic heterocycles. The Balaban J connectivity index is 2.20. The van der Waals surface area contributed by atoms with Crippen LogP contribution < -0.4 is 10.6 Å². The van der Waals surface area contributed by atoms with Crippen molar-refractivity contribution in [3.8, 4) is 0 Å². The number of halogens is 3. The minimum absolute atomic E-state index is 0.0990. The van der Waals surface area contributed by atoms with Crippen LogP contribution >= 0.6 is 0 Å². The third kappa shape index (κ3) is 3.99. The zero-order chi connectivity index (χ0) is 18.7. The van der Waals surface area contributed by atoms with Crippen molar-refractivity contribution in [2.24, 2.45) is 0 Å². The number of carbonyl (C=O) groups is 2. The Kier molecular flexibility index (Phi) is 5.46. The second kappa shape index (κ2) is 7.38. The topological polar surface area (TPSA) is 58.2 Å². The molecule has 0 saturated carbocycles. The van der Waals surface area contributed by atoms with Crippen molar-refractivity contribution < 1.29 is 22.8 Å². The van der Waals surface area contributed by atoms with Crippen molar-refractivity contribution in [1.82, 2.24) is 0 Å². The van der Waals surface area contributed by atoms with Crippen LogP contribution in [-0.2, 0) is 9.59 Å². The molecule has 0 aliphatic heterocycles. The van der Waals surface area contributed by atoms with E-state index < -0.39 is 35.0 Å². The van der Waals surface area contributed by atoms with E-state index in [2.05, 4.69) is 5.32 Å². The molecule has 0 radical (unpaired) electrons. The number of nitrogens with one attached hydrogen (secondary N) is 2. The van der Waals surface area contributed by atoms with Gasteiger partial charge in [-0.3, -0.25) is 9.59 Å². The highest BCUT2D eigenvalue weighted by Gasteiger charge is 2.21. The fourth-order valence-electron chi connectivity index (χ4n) is 2.31. The number of aryl methyl sites for hydroxylation is 1. The van der Waals surface area contributed by atoms with E-state index in [1.165, 1.54) is 0 Å². The summed E-state index contributed by atoms with van der Waals surface area (Å²) < 4.78 is 39.7. The molecule has 2 rings (SSSR count). The molecule has 0 fully saturated rings. The average Bonchev–Trinajstić information content (AvgIpc) is 2.56. The molecule has 0 atom stereocenters. The summed E-state index contributed by atoms with van der Waals surface area (Å²) in [5.74, 6) is -6.81. The summed E-state index contributed by atoms with van der Waals surface area (Å²) in [4.78, 5) is 24.0. The molecule has 0 aliphatic carbocycles. The summed E-state index contributed by atoms with van der Waals surface area (Å²) >= 11 is 0. The van der Waals surface area contributed by atoms with Gasteiger partial charge >= 0.3 is 11.8 Å². The van der Waals surface area contributed by atoms with Crippen LogP contribution in [0.25, 0.3) is 0 Å². The molecule has 0 saturated heterocycles. The lowest BCUT2D eigenvalue weighted by Gasteiger charge is -2.16. The largest absolute Gasteiger partial charge is 0.317 e. The van der Waals surface area contributed by atoms with Crippen molar-refractivity contribution in [1.29, 1.82) is 0 Å². The number of carbonyl (C=O) groups excluding carboxylic acids is 2. The Morgan fingerprint density at radius 1 is 0.920 bits per heavy atom. The standard InChI is InChI=1S/C18H17F3N2O2/c1-9(2)11-6-4-5-10(3)16(11)23-18(25)17(24)22-13-8-7-12(19)14(20)15(13)21/h4-9H,1-3H3,(H,22,24)(H,23,25). The van der Waals surface area contributed by atoms with Crippen LogP contribution in [0.3, 0.4) is 0 Å². The molecule has 0 heterocycles. The Morgan fingerprint density at radius 2 is 1.56 bits per heavy atom. The zero-order valence-electron chi connectivity index (χ0n) is 13.9. The number of benzene rings is 2. The maximum absolute atomic E-state index is 13.6. The van der Waals surface area contributed by atoms with Gasteiger partial charge in [-0.15, -0.1) is 0 Å². The monoisotopic (exact) mass is 350 g/mol. The lowest BCUT2D eigenvalue weighted by atomic mass is 9.98. The highest BCUT2D eigenvalue weighted by Crippen LogP contribution is 2.27. The van der Waals surface area contributed by atoms with Gasteiger partial charge in [0, 0.05) is 5.69 Å². The normalized spacial score (nSPS) is 10.7. The van der Waals surface area contributed by atoms with Crippen LogP contribution in [-0.4, -0.2) is 11.8 Å². The van der Waals surface area contributed by atoms with Crippen LogP contribution in [0.4, 0.5) is 24.5 Å². The number of hydrogen-bond acceptors (Lipinski definition) is 2. The maximum atomic E-state index is 13.6. The molecular weight excluding hydrogens is 333 g/mol. The highest BCUT2D eigenvalue weighted by atomic mass is 19.2. The first kappa shape index (κ1) is 18.5. The van der Waals surface area contributed by atoms with E-state index in [-0.39, 0.29) is 5.92 Å². The molecule has 2 aromatic rings. The molecule has 0 aliphatic rings. The van der Waals surface area contributed by atoms with Crippen molar-refractivity contribution >= 4 is 23.2 Å². The molecular formula is C18H17F3N2O2. The Bertz CT molecular complexity index is 835. The smallest absolute Gasteiger partial charge is 0.314 e. The average molecular weight is 350 g/mol. The Hall–Kier alpha value is -2.83. The van der Waals surface area contributed by atoms with E-state index in [1.807, 2.05) is 31.3 Å². The molecule has 0 spiro atoms. The highest BCUT2D eigenvalue weighted by molar-refractivity contribution is 6.43. The van der Waals surface area contributed by atoms with Gasteiger partial charge in [-0.05, 0) is 36.1 Å². The van der Waals surface area contributed by atoms with Crippen LogP contribution in [0.15, 0.2) is 30.3 Å². The van der Waals surface area contributed by atoms with Crippen LogP contribution in [0, 0.1) is 24.4 Å². The van der Waals surface area contributed by atoms with Crippen molar-refractivity contribution in [3.63, 3.8) is 0 Å². The quantitative estimate of drug-likeness (QED) is 0.646. The number of hydrogen-bond donors (Lipinski definition) is 2. The molecule has 2 amide bonds. The fourth-order valence-corrected chi connectivity index (χ4v) is 2.31. The maximum Gasteiger partial charge on any atom is 0.314 e. The number of anilines is 2. The first-order chi connectivity index (χ1) is 11.7. The van der Waals surface area contributed by atoms with Gasteiger partial charge in [-0.2, -0.15) is 0 Å². The molecule has 0 unspecified atom stereocenters. The summed E-state index contributed by atoms with van der Waals surface area (Å²) in [5.41, 5.74) is 1.46. The minimum atomic E-state index is -1.72. The van der Waals surface area contributed by atoms with Gasteiger partial charge in [0.05, 0.1) is 5.69 Å². The number of para-hydroxylation sites is 1. The molecule has 132 valence electrons. The molecule has 4 nitrogen and oxygen atoms in total. The van der Waals surface area contributed by atoms with E-state index in [9.17, 15) is 22.8 Å². The van der Waals surface area contributed by atoms with Crippen LogP contribution in [0.5, 0.6) is 0 Å². The Labute approximate surface area is 143 Å². The fraction of sp³-hybridized carbons (Fsp3) is 0.222. The first-order valence-corrected chi connectivity index (χ1v) is 7.57. The van der Waals surface area contributed by atoms with E-state index in [0.29, 0.717) is 11.8 Å². The van der Waals surface area contributed by atoms with E-state index in [0.717, 1.165) is 17.2 Å². The second-order valence-corrected chi connectivity index (χ2v) is 5.82. The van der Waals surface area contributed by atoms with Gasteiger partial charge in [0.2, 0.25) is 0 Å². The van der Waals surface area contributed by atoms with Gasteiger partial charge in [0.15, 0.2) is 17.5 Å². The second-order valence-electron chi connectivity index (χ2n) is 5.82. The van der Waals surface area contributed by atoms with Crippen molar-refractivity contribution in [2.75, 3.05) is 10.6 Å². The van der Waals surface area contributed by atoms with Gasteiger partial charge < -0.3 is 10.6 Å². The van der Waals surface area contributed by atoms with E-state index in [4.69, 9.17) is 0 Å². The lowest BCUT2D eigenvalue weighted by Crippen LogP contribution is -2.30. The van der Waals surface area contributed by atoms with Gasteiger partial charge in [-0.25, -0.2) is 13.2 Å². The van der Waals surface area contributed by atoms with Crippen molar-refractivity contribution in [3.05, 3.63) is 58.9 Å². The zero-order valence-corrected chi connectivity index (χ0v) is 13.9. The Morgan fingerprint density at radius 3 is 2.20 bits per heavy atom. The third-order valence-electron chi connectivity index (χ3n) is 3.66. The molecule has 2 N–H and O–H groups in total. The van der Waals surface area contributed by atoms with Gasteiger partial charge in [-0.1, -0.05) is 32.0 Å². The summed E-state index contributed by atoms with van der Waals surface area (Å²) in [7, 11) is 0. The summed E-state index contributed by atoms with van der Waals surface area (Å²) in [6.07, 6.45) is 0. The van der Waals surface area contributed by atoms with Crippen molar-refractivity contribution in [2.45, 2.75) is 26.7 Å². The summed E-state index contributed by atoms with van der Waals surface area (Å²) in [6.45, 7) is 5.64. The van der Waals surface area contributed by atoms with Crippen LogP contribution in [0.2, 0.25) is 0 Å². The predicted molar refractivity (Wildman–Crippen MR) is 88.8 cm³/mol. The third-order valence-corrected chi connectivity index (χ3v) is 3.66. The lowest BCUT2D eigenvalue weighted by molar-refractivity contribution is -0.133. The molecule has 7 heteroatoms. The summed E-state index contributed by atoms with van der Waals surface area (Å²) in [5, 5.41) is 4.42. The van der Waals surface area contributed by atoms with E-state index >= 15 is 0 Å². The van der Waals surface area contributed by atoms with Gasteiger partial charge in [0.1, 0.15) is 0 Å². The van der Waals surface area contributed by atoms with Crippen LogP contribution in [0.1, 0.15) is 30.9 Å². The first-order valence-electron chi connectivity index (χ1n) is 7.57. The summed E-state index contributed by atoms with van der Waals surface area (Å²) in [6, 6.07) is 6.92. The van der Waals surface area contributed by atoms with E-state index in [1.54, 1.807) is 13.0 Å².